The van der Waals surface area contributed by atoms with E-state index in [1.807, 2.05) is 14.0 Å². The maximum Gasteiger partial charge on any atom is 0.229 e. The summed E-state index contributed by atoms with van der Waals surface area (Å²) in [5.74, 6) is 1.33. The Morgan fingerprint density at radius 2 is 2.11 bits per heavy atom. The highest BCUT2D eigenvalue weighted by Crippen LogP contribution is 2.61. The zero-order chi connectivity index (χ0) is 20.2. The summed E-state index contributed by atoms with van der Waals surface area (Å²) in [4.78, 5) is 20.9. The number of hydrogen-bond acceptors (Lipinski definition) is 6. The minimum Gasteiger partial charge on any atom is -0.369 e. The van der Waals surface area contributed by atoms with Crippen LogP contribution < -0.4 is 16.4 Å². The first-order valence-corrected chi connectivity index (χ1v) is 9.90. The Bertz CT molecular complexity index is 925. The van der Waals surface area contributed by atoms with Crippen molar-refractivity contribution in [2.45, 2.75) is 39.7 Å². The summed E-state index contributed by atoms with van der Waals surface area (Å²) in [5, 5.41) is 11.2. The Morgan fingerprint density at radius 1 is 1.36 bits per heavy atom. The van der Waals surface area contributed by atoms with Crippen molar-refractivity contribution < 1.29 is 4.79 Å². The molecule has 28 heavy (non-hydrogen) atoms. The predicted molar refractivity (Wildman–Crippen MR) is 108 cm³/mol. The molecule has 0 aliphatic heterocycles. The Hall–Kier alpha value is -2.35. The van der Waals surface area contributed by atoms with Crippen LogP contribution in [0.3, 0.4) is 0 Å². The fraction of sp³-hybridized carbons (Fsp3) is 0.579. The van der Waals surface area contributed by atoms with Crippen LogP contribution in [0.1, 0.15) is 32.4 Å². The van der Waals surface area contributed by atoms with Crippen molar-refractivity contribution in [2.24, 2.45) is 36.0 Å². The number of nitrogens with zero attached hydrogens (tertiary/aromatic N) is 4. The highest BCUT2D eigenvalue weighted by molar-refractivity contribution is 6.32. The van der Waals surface area contributed by atoms with Crippen LogP contribution >= 0.6 is 11.6 Å². The Labute approximate surface area is 169 Å². The summed E-state index contributed by atoms with van der Waals surface area (Å²) in [6, 6.07) is -0.0853. The summed E-state index contributed by atoms with van der Waals surface area (Å²) < 4.78 is 1.77. The lowest BCUT2D eigenvalue weighted by molar-refractivity contribution is -0.139. The molecule has 1 amide bonds. The molecule has 0 spiro atoms. The minimum absolute atomic E-state index is 0.0853. The van der Waals surface area contributed by atoms with Crippen LogP contribution in [0.2, 0.25) is 5.02 Å². The second kappa shape index (κ2) is 6.62. The molecule has 2 aromatic rings. The van der Waals surface area contributed by atoms with Gasteiger partial charge in [-0.2, -0.15) is 10.1 Å². The summed E-state index contributed by atoms with van der Waals surface area (Å²) in [5.41, 5.74) is 7.68. The number of aromatic nitrogens is 4. The van der Waals surface area contributed by atoms with Gasteiger partial charge in [-0.1, -0.05) is 25.4 Å². The maximum absolute atomic E-state index is 12.1. The molecule has 3 fully saturated rings. The van der Waals surface area contributed by atoms with E-state index in [2.05, 4.69) is 39.5 Å². The van der Waals surface area contributed by atoms with Crippen LogP contribution in [0.25, 0.3) is 0 Å². The zero-order valence-corrected chi connectivity index (χ0v) is 17.3. The van der Waals surface area contributed by atoms with E-state index >= 15 is 0 Å². The van der Waals surface area contributed by atoms with Gasteiger partial charge in [-0.05, 0) is 37.0 Å². The molecule has 8 nitrogen and oxygen atoms in total. The normalized spacial score (nSPS) is 27.8. The van der Waals surface area contributed by atoms with E-state index in [1.165, 1.54) is 0 Å². The zero-order valence-electron chi connectivity index (χ0n) is 16.5. The molecule has 4 N–H and O–H groups in total. The summed E-state index contributed by atoms with van der Waals surface area (Å²) >= 11 is 6.36. The van der Waals surface area contributed by atoms with Gasteiger partial charge < -0.3 is 16.4 Å². The van der Waals surface area contributed by atoms with E-state index in [1.54, 1.807) is 17.1 Å². The van der Waals surface area contributed by atoms with Gasteiger partial charge in [0.25, 0.3) is 0 Å². The molecule has 9 heteroatoms. The maximum atomic E-state index is 12.1. The molecule has 0 saturated heterocycles. The standard InChI is InChI=1S/C19H26ClN7O/c1-9-14(8-23-27(9)4)24-18-22-7-13(20)17(26-18)25-15-11(16(21)28)5-10-6-12(15)19(10,2)3/h7-8,10-12,15H,5-6H2,1-4H3,(H2,21,28)(H2,22,24,25,26)/t10-,11-,12-,15-/m0/s1. The van der Waals surface area contributed by atoms with Crippen molar-refractivity contribution >= 4 is 35.0 Å². The van der Waals surface area contributed by atoms with E-state index in [0.717, 1.165) is 24.2 Å². The van der Waals surface area contributed by atoms with E-state index in [-0.39, 0.29) is 23.3 Å². The quantitative estimate of drug-likeness (QED) is 0.707. The van der Waals surface area contributed by atoms with Crippen molar-refractivity contribution in [3.63, 3.8) is 0 Å². The molecule has 0 radical (unpaired) electrons. The lowest BCUT2D eigenvalue weighted by atomic mass is 9.45. The number of primary amides is 1. The third-order valence-electron chi connectivity index (χ3n) is 6.85. The SMILES string of the molecule is Cc1c(Nc2ncc(Cl)c(N[C@H]3[C@@H](C(N)=O)C[C@H]4C[C@@H]3C4(C)C)n2)cnn1C. The van der Waals surface area contributed by atoms with E-state index in [9.17, 15) is 4.79 Å². The van der Waals surface area contributed by atoms with E-state index in [4.69, 9.17) is 17.3 Å². The number of hydrogen-bond donors (Lipinski definition) is 3. The first-order valence-electron chi connectivity index (χ1n) is 9.52. The summed E-state index contributed by atoms with van der Waals surface area (Å²) in [7, 11) is 1.87. The first-order chi connectivity index (χ1) is 13.2. The second-order valence-corrected chi connectivity index (χ2v) is 8.96. The molecule has 0 aromatic carbocycles. The second-order valence-electron chi connectivity index (χ2n) is 8.56. The van der Waals surface area contributed by atoms with Crippen molar-refractivity contribution in [3.8, 4) is 0 Å². The third kappa shape index (κ3) is 2.99. The van der Waals surface area contributed by atoms with Crippen molar-refractivity contribution in [2.75, 3.05) is 10.6 Å². The van der Waals surface area contributed by atoms with Crippen LogP contribution in [0.15, 0.2) is 12.4 Å². The fourth-order valence-corrected chi connectivity index (χ4v) is 4.87. The van der Waals surface area contributed by atoms with Crippen LogP contribution in [0.5, 0.6) is 0 Å². The molecule has 2 bridgehead atoms. The average molecular weight is 404 g/mol. The van der Waals surface area contributed by atoms with Crippen molar-refractivity contribution in [3.05, 3.63) is 23.1 Å². The number of nitrogens with one attached hydrogen (secondary N) is 2. The van der Waals surface area contributed by atoms with Gasteiger partial charge in [0, 0.05) is 13.1 Å². The van der Waals surface area contributed by atoms with Gasteiger partial charge in [0.1, 0.15) is 5.02 Å². The first kappa shape index (κ1) is 19.0. The van der Waals surface area contributed by atoms with Crippen molar-refractivity contribution in [1.29, 1.82) is 0 Å². The Balaban J connectivity index is 1.59. The highest BCUT2D eigenvalue weighted by Gasteiger charge is 2.59. The molecular weight excluding hydrogens is 378 g/mol. The molecule has 3 saturated carbocycles. The molecule has 3 aliphatic rings. The fourth-order valence-electron chi connectivity index (χ4n) is 4.72. The van der Waals surface area contributed by atoms with Gasteiger partial charge in [-0.3, -0.25) is 9.48 Å². The largest absolute Gasteiger partial charge is 0.369 e. The van der Waals surface area contributed by atoms with Crippen LogP contribution in [-0.2, 0) is 11.8 Å². The van der Waals surface area contributed by atoms with Gasteiger partial charge in [0.05, 0.1) is 29.7 Å². The number of nitrogens with two attached hydrogens (primary N) is 1. The Kier molecular flexibility index (Phi) is 4.49. The van der Waals surface area contributed by atoms with Gasteiger partial charge in [0.15, 0.2) is 5.82 Å². The van der Waals surface area contributed by atoms with Crippen molar-refractivity contribution in [1.82, 2.24) is 19.7 Å². The molecule has 3 aliphatic carbocycles. The molecular formula is C19H26ClN7O. The monoisotopic (exact) mass is 403 g/mol. The van der Waals surface area contributed by atoms with Crippen LogP contribution in [-0.4, -0.2) is 31.7 Å². The summed E-state index contributed by atoms with van der Waals surface area (Å²) in [6.45, 7) is 6.48. The van der Waals surface area contributed by atoms with Gasteiger partial charge >= 0.3 is 0 Å². The number of fused-ring (bicyclic) bond motifs is 2. The number of rotatable bonds is 5. The lowest BCUT2D eigenvalue weighted by Crippen LogP contribution is -2.62. The highest BCUT2D eigenvalue weighted by atomic mass is 35.5. The average Bonchev–Trinajstić information content (AvgIpc) is 2.96. The van der Waals surface area contributed by atoms with E-state index < -0.39 is 0 Å². The van der Waals surface area contributed by atoms with Crippen LogP contribution in [0, 0.1) is 30.1 Å². The Morgan fingerprint density at radius 3 is 2.71 bits per heavy atom. The molecule has 2 heterocycles. The smallest absolute Gasteiger partial charge is 0.229 e. The van der Waals surface area contributed by atoms with Gasteiger partial charge in [-0.25, -0.2) is 4.98 Å². The number of carbonyl (C=O) groups is 1. The number of anilines is 3. The topological polar surface area (TPSA) is 111 Å². The third-order valence-corrected chi connectivity index (χ3v) is 7.12. The lowest BCUT2D eigenvalue weighted by Gasteiger charge is -2.62. The minimum atomic E-state index is -0.266. The predicted octanol–water partition coefficient (Wildman–Crippen LogP) is 2.86. The molecule has 5 rings (SSSR count). The number of halogens is 1. The summed E-state index contributed by atoms with van der Waals surface area (Å²) in [6.07, 6.45) is 5.18. The van der Waals surface area contributed by atoms with Gasteiger partial charge in [-0.15, -0.1) is 0 Å². The molecule has 0 unspecified atom stereocenters. The number of carbonyl (C=O) groups excluding carboxylic acids is 1. The van der Waals surface area contributed by atoms with Crippen LogP contribution in [0.4, 0.5) is 17.5 Å². The van der Waals surface area contributed by atoms with E-state index in [0.29, 0.717) is 28.6 Å². The molecule has 150 valence electrons. The number of aryl methyl sites for hydroxylation is 1. The molecule has 2 aromatic heterocycles. The van der Waals surface area contributed by atoms with Gasteiger partial charge in [0.2, 0.25) is 11.9 Å². The number of amides is 1. The molecule has 4 atom stereocenters.